The summed E-state index contributed by atoms with van der Waals surface area (Å²) >= 11 is 0. The fourth-order valence-corrected chi connectivity index (χ4v) is 3.23. The quantitative estimate of drug-likeness (QED) is 0.390. The summed E-state index contributed by atoms with van der Waals surface area (Å²) in [5.74, 6) is 0. The molecule has 1 atom stereocenters. The molecule has 1 aliphatic heterocycles. The van der Waals surface area contributed by atoms with Gasteiger partial charge in [0.15, 0.2) is 0 Å². The molecule has 3 aromatic rings. The highest BCUT2D eigenvalue weighted by molar-refractivity contribution is 6.01. The Hall–Kier alpha value is -3.60. The van der Waals surface area contributed by atoms with Gasteiger partial charge in [0.2, 0.25) is 12.3 Å². The summed E-state index contributed by atoms with van der Waals surface area (Å²) in [5.41, 5.74) is 4.28. The third kappa shape index (κ3) is 3.67. The second-order valence-corrected chi connectivity index (χ2v) is 6.40. The van der Waals surface area contributed by atoms with Gasteiger partial charge in [-0.05, 0) is 17.2 Å². The molecule has 132 valence electrons. The molecule has 27 heavy (non-hydrogen) atoms. The Labute approximate surface area is 157 Å². The number of nitro groups is 1. The molecular weight excluding hydrogens is 338 g/mol. The monoisotopic (exact) mass is 356 g/mol. The van der Waals surface area contributed by atoms with Crippen molar-refractivity contribution >= 4 is 17.6 Å². The van der Waals surface area contributed by atoms with Crippen molar-refractivity contribution in [3.63, 3.8) is 0 Å². The third-order valence-corrected chi connectivity index (χ3v) is 4.62. The highest BCUT2D eigenvalue weighted by Gasteiger charge is 2.33. The SMILES string of the molecule is O=[N+]([O-])c1ccc(C=[N+]2N=C(c3ccccc3)CC2c2ccccc2)cc1. The molecule has 1 unspecified atom stereocenters. The fourth-order valence-electron chi connectivity index (χ4n) is 3.23. The molecule has 1 heterocycles. The van der Waals surface area contributed by atoms with E-state index in [-0.39, 0.29) is 11.7 Å². The number of hydrogen-bond acceptors (Lipinski definition) is 3. The molecule has 0 N–H and O–H groups in total. The first-order valence-electron chi connectivity index (χ1n) is 8.76. The van der Waals surface area contributed by atoms with Crippen LogP contribution >= 0.6 is 0 Å². The van der Waals surface area contributed by atoms with Gasteiger partial charge in [-0.15, -0.1) is 0 Å². The average molecular weight is 356 g/mol. The molecular formula is C22H18N3O2+. The van der Waals surface area contributed by atoms with Crippen molar-refractivity contribution in [1.82, 2.24) is 0 Å². The van der Waals surface area contributed by atoms with Crippen LogP contribution in [0.15, 0.2) is 90.0 Å². The molecule has 0 amide bonds. The Morgan fingerprint density at radius 2 is 1.56 bits per heavy atom. The van der Waals surface area contributed by atoms with Crippen LogP contribution in [0.1, 0.15) is 29.2 Å². The van der Waals surface area contributed by atoms with Crippen LogP contribution < -0.4 is 0 Å². The van der Waals surface area contributed by atoms with E-state index in [9.17, 15) is 10.1 Å². The van der Waals surface area contributed by atoms with Crippen molar-refractivity contribution in [3.05, 3.63) is 112 Å². The molecule has 0 fully saturated rings. The van der Waals surface area contributed by atoms with Crippen molar-refractivity contribution in [2.45, 2.75) is 12.5 Å². The van der Waals surface area contributed by atoms with Crippen LogP contribution in [0.5, 0.6) is 0 Å². The van der Waals surface area contributed by atoms with Gasteiger partial charge in [-0.3, -0.25) is 10.1 Å². The van der Waals surface area contributed by atoms with Crippen LogP contribution in [0.2, 0.25) is 0 Å². The zero-order chi connectivity index (χ0) is 18.6. The maximum atomic E-state index is 10.9. The van der Waals surface area contributed by atoms with Crippen LogP contribution in [-0.4, -0.2) is 21.5 Å². The summed E-state index contributed by atoms with van der Waals surface area (Å²) in [6.45, 7) is 0. The maximum Gasteiger partial charge on any atom is 0.269 e. The summed E-state index contributed by atoms with van der Waals surface area (Å²) in [7, 11) is 0. The Bertz CT molecular complexity index is 1010. The highest BCUT2D eigenvalue weighted by atomic mass is 16.6. The number of non-ortho nitro benzene ring substituents is 1. The summed E-state index contributed by atoms with van der Waals surface area (Å²) < 4.78 is 1.96. The predicted molar refractivity (Wildman–Crippen MR) is 105 cm³/mol. The molecule has 0 saturated carbocycles. The molecule has 0 aromatic heterocycles. The number of rotatable bonds is 4. The van der Waals surface area contributed by atoms with Crippen molar-refractivity contribution in [3.8, 4) is 0 Å². The maximum absolute atomic E-state index is 10.9. The predicted octanol–water partition coefficient (Wildman–Crippen LogP) is 4.58. The molecule has 3 aromatic carbocycles. The summed E-state index contributed by atoms with van der Waals surface area (Å²) in [5, 5.41) is 15.7. The van der Waals surface area contributed by atoms with Crippen LogP contribution in [-0.2, 0) is 0 Å². The van der Waals surface area contributed by atoms with E-state index in [1.165, 1.54) is 17.7 Å². The minimum atomic E-state index is -0.391. The Morgan fingerprint density at radius 1 is 0.926 bits per heavy atom. The first-order chi connectivity index (χ1) is 13.2. The lowest BCUT2D eigenvalue weighted by Gasteiger charge is -2.05. The lowest BCUT2D eigenvalue weighted by atomic mass is 9.99. The first-order valence-corrected chi connectivity index (χ1v) is 8.76. The zero-order valence-electron chi connectivity index (χ0n) is 14.6. The van der Waals surface area contributed by atoms with E-state index in [1.807, 2.05) is 47.3 Å². The van der Waals surface area contributed by atoms with Crippen molar-refractivity contribution < 1.29 is 9.61 Å². The normalized spacial score (nSPS) is 17.7. The lowest BCUT2D eigenvalue weighted by molar-refractivity contribution is -0.562. The van der Waals surface area contributed by atoms with E-state index < -0.39 is 4.92 Å². The summed E-state index contributed by atoms with van der Waals surface area (Å²) in [6.07, 6.45) is 2.74. The molecule has 0 saturated heterocycles. The molecule has 0 radical (unpaired) electrons. The molecule has 4 rings (SSSR count). The second kappa shape index (κ2) is 7.33. The van der Waals surface area contributed by atoms with Gasteiger partial charge in [-0.1, -0.05) is 65.3 Å². The van der Waals surface area contributed by atoms with Crippen molar-refractivity contribution in [2.75, 3.05) is 0 Å². The molecule has 0 bridgehead atoms. The van der Waals surface area contributed by atoms with Gasteiger partial charge in [0.05, 0.1) is 11.3 Å². The van der Waals surface area contributed by atoms with E-state index in [1.54, 1.807) is 12.1 Å². The molecule has 0 aliphatic carbocycles. The van der Waals surface area contributed by atoms with Gasteiger partial charge < -0.3 is 0 Å². The number of hydrazone groups is 1. The topological polar surface area (TPSA) is 58.5 Å². The fraction of sp³-hybridized carbons (Fsp3) is 0.0909. The van der Waals surface area contributed by atoms with Crippen LogP contribution in [0.4, 0.5) is 5.69 Å². The number of hydrogen-bond donors (Lipinski definition) is 0. The van der Waals surface area contributed by atoms with E-state index in [0.29, 0.717) is 0 Å². The molecule has 5 nitrogen and oxygen atoms in total. The lowest BCUT2D eigenvalue weighted by Crippen LogP contribution is -2.11. The van der Waals surface area contributed by atoms with E-state index in [0.717, 1.165) is 23.3 Å². The van der Waals surface area contributed by atoms with Gasteiger partial charge in [0, 0.05) is 28.8 Å². The number of benzene rings is 3. The minimum Gasteiger partial charge on any atom is -0.258 e. The van der Waals surface area contributed by atoms with Crippen molar-refractivity contribution in [2.24, 2.45) is 5.10 Å². The Morgan fingerprint density at radius 3 is 2.19 bits per heavy atom. The van der Waals surface area contributed by atoms with Gasteiger partial charge in [-0.25, -0.2) is 0 Å². The van der Waals surface area contributed by atoms with E-state index in [2.05, 4.69) is 24.3 Å². The smallest absolute Gasteiger partial charge is 0.258 e. The first kappa shape index (κ1) is 16.8. The standard InChI is InChI=1S/C22H18N3O2/c26-25(27)20-13-11-17(12-14-20)16-24-22(19-9-5-2-6-10-19)15-21(23-24)18-7-3-1-4-8-18/h1-14,16,22H,15H2/q+1. The van der Waals surface area contributed by atoms with E-state index in [4.69, 9.17) is 5.10 Å². The molecule has 5 heteroatoms. The van der Waals surface area contributed by atoms with Crippen LogP contribution in [0.25, 0.3) is 0 Å². The van der Waals surface area contributed by atoms with Gasteiger partial charge in [0.1, 0.15) is 5.71 Å². The summed E-state index contributed by atoms with van der Waals surface area (Å²) in [6, 6.07) is 27.0. The number of nitro benzene ring substituents is 1. The largest absolute Gasteiger partial charge is 0.269 e. The van der Waals surface area contributed by atoms with Crippen LogP contribution in [0.3, 0.4) is 0 Å². The number of nitrogens with zero attached hydrogens (tertiary/aromatic N) is 3. The second-order valence-electron chi connectivity index (χ2n) is 6.40. The van der Waals surface area contributed by atoms with Gasteiger partial charge in [-0.2, -0.15) is 0 Å². The Kier molecular flexibility index (Phi) is 4.58. The minimum absolute atomic E-state index is 0.0849. The molecule has 0 spiro atoms. The van der Waals surface area contributed by atoms with E-state index >= 15 is 0 Å². The zero-order valence-corrected chi connectivity index (χ0v) is 14.6. The highest BCUT2D eigenvalue weighted by Crippen LogP contribution is 2.29. The summed E-state index contributed by atoms with van der Waals surface area (Å²) in [4.78, 5) is 10.5. The average Bonchev–Trinajstić information content (AvgIpc) is 3.13. The van der Waals surface area contributed by atoms with Gasteiger partial charge in [0.25, 0.3) is 5.69 Å². The van der Waals surface area contributed by atoms with Gasteiger partial charge >= 0.3 is 0 Å². The Balaban J connectivity index is 1.73. The molecule has 1 aliphatic rings. The van der Waals surface area contributed by atoms with Crippen LogP contribution in [0, 0.1) is 10.1 Å². The van der Waals surface area contributed by atoms with Crippen molar-refractivity contribution in [1.29, 1.82) is 0 Å². The third-order valence-electron chi connectivity index (χ3n) is 4.62.